The summed E-state index contributed by atoms with van der Waals surface area (Å²) in [5.41, 5.74) is 7.90. The van der Waals surface area contributed by atoms with Crippen molar-refractivity contribution < 1.29 is 0 Å². The number of benzene rings is 1. The number of unbranched alkanes of at least 4 members (excludes halogenated alkanes) is 4. The van der Waals surface area contributed by atoms with E-state index in [1.807, 2.05) is 12.1 Å². The van der Waals surface area contributed by atoms with Gasteiger partial charge in [-0.05, 0) is 18.4 Å². The van der Waals surface area contributed by atoms with E-state index in [0.717, 1.165) is 5.56 Å². The Morgan fingerprint density at radius 2 is 1.69 bits per heavy atom. The Hall–Kier alpha value is -0.890. The van der Waals surface area contributed by atoms with Crippen LogP contribution in [0.3, 0.4) is 0 Å². The van der Waals surface area contributed by atoms with Crippen LogP contribution in [0, 0.1) is 0 Å². The molecule has 1 rings (SSSR count). The van der Waals surface area contributed by atoms with Gasteiger partial charge in [0.1, 0.15) is 4.99 Å². The SMILES string of the molecule is CCCCCCCc1ccc(C(N)=S)cc1. The largest absolute Gasteiger partial charge is 0.389 e. The summed E-state index contributed by atoms with van der Waals surface area (Å²) in [5.74, 6) is 0. The minimum absolute atomic E-state index is 0.481. The highest BCUT2D eigenvalue weighted by molar-refractivity contribution is 7.80. The highest BCUT2D eigenvalue weighted by Gasteiger charge is 1.97. The number of hydrogen-bond acceptors (Lipinski definition) is 1. The third-order valence-corrected chi connectivity index (χ3v) is 3.04. The van der Waals surface area contributed by atoms with Gasteiger partial charge >= 0.3 is 0 Å². The van der Waals surface area contributed by atoms with Gasteiger partial charge in [-0.2, -0.15) is 0 Å². The summed E-state index contributed by atoms with van der Waals surface area (Å²) in [6.45, 7) is 2.24. The quantitative estimate of drug-likeness (QED) is 0.574. The molecule has 0 heterocycles. The van der Waals surface area contributed by atoms with Gasteiger partial charge in [0.15, 0.2) is 0 Å². The molecule has 0 unspecified atom stereocenters. The minimum Gasteiger partial charge on any atom is -0.389 e. The molecule has 0 aliphatic heterocycles. The lowest BCUT2D eigenvalue weighted by molar-refractivity contribution is 0.632. The van der Waals surface area contributed by atoms with Crippen molar-refractivity contribution >= 4 is 17.2 Å². The molecule has 88 valence electrons. The van der Waals surface area contributed by atoms with Gasteiger partial charge in [0.05, 0.1) is 0 Å². The number of aryl methyl sites for hydroxylation is 1. The molecule has 0 fully saturated rings. The van der Waals surface area contributed by atoms with Crippen LogP contribution in [0.1, 0.15) is 50.2 Å². The summed E-state index contributed by atoms with van der Waals surface area (Å²) >= 11 is 4.92. The second-order valence-electron chi connectivity index (χ2n) is 4.23. The Morgan fingerprint density at radius 3 is 2.25 bits per heavy atom. The van der Waals surface area contributed by atoms with Crippen LogP contribution in [0.15, 0.2) is 24.3 Å². The Morgan fingerprint density at radius 1 is 1.06 bits per heavy atom. The molecule has 0 atom stereocenters. The zero-order chi connectivity index (χ0) is 11.8. The Balaban J connectivity index is 2.29. The highest BCUT2D eigenvalue weighted by Crippen LogP contribution is 2.10. The van der Waals surface area contributed by atoms with Crippen LogP contribution in [-0.2, 0) is 6.42 Å². The van der Waals surface area contributed by atoms with Gasteiger partial charge in [0, 0.05) is 5.56 Å². The van der Waals surface area contributed by atoms with Crippen molar-refractivity contribution in [3.63, 3.8) is 0 Å². The van der Waals surface area contributed by atoms with E-state index >= 15 is 0 Å². The molecule has 2 N–H and O–H groups in total. The van der Waals surface area contributed by atoms with E-state index in [2.05, 4.69) is 19.1 Å². The molecule has 1 aromatic rings. The lowest BCUT2D eigenvalue weighted by Gasteiger charge is -2.03. The second kappa shape index (κ2) is 7.39. The topological polar surface area (TPSA) is 26.0 Å². The highest BCUT2D eigenvalue weighted by atomic mass is 32.1. The maximum atomic E-state index is 5.55. The Labute approximate surface area is 104 Å². The Bertz CT molecular complexity index is 316. The standard InChI is InChI=1S/C14H21NS/c1-2-3-4-5-6-7-12-8-10-13(11-9-12)14(15)16/h8-11H,2-7H2,1H3,(H2,15,16). The van der Waals surface area contributed by atoms with Crippen LogP contribution in [0.4, 0.5) is 0 Å². The van der Waals surface area contributed by atoms with E-state index in [1.54, 1.807) is 0 Å². The lowest BCUT2D eigenvalue weighted by atomic mass is 10.0. The zero-order valence-electron chi connectivity index (χ0n) is 10.0. The third-order valence-electron chi connectivity index (χ3n) is 2.81. The van der Waals surface area contributed by atoms with Crippen LogP contribution in [0.2, 0.25) is 0 Å². The van der Waals surface area contributed by atoms with Crippen molar-refractivity contribution in [2.75, 3.05) is 0 Å². The van der Waals surface area contributed by atoms with E-state index in [-0.39, 0.29) is 0 Å². The van der Waals surface area contributed by atoms with E-state index < -0.39 is 0 Å². The van der Waals surface area contributed by atoms with E-state index in [1.165, 1.54) is 44.1 Å². The maximum absolute atomic E-state index is 5.55. The van der Waals surface area contributed by atoms with Crippen molar-refractivity contribution in [1.82, 2.24) is 0 Å². The molecule has 2 heteroatoms. The van der Waals surface area contributed by atoms with Crippen molar-refractivity contribution in [3.8, 4) is 0 Å². The summed E-state index contributed by atoms with van der Waals surface area (Å²) in [7, 11) is 0. The molecule has 0 aliphatic rings. The van der Waals surface area contributed by atoms with E-state index in [4.69, 9.17) is 18.0 Å². The fraction of sp³-hybridized carbons (Fsp3) is 0.500. The predicted molar refractivity (Wildman–Crippen MR) is 74.8 cm³/mol. The molecule has 0 aromatic heterocycles. The smallest absolute Gasteiger partial charge is 0.103 e. The van der Waals surface area contributed by atoms with Crippen LogP contribution < -0.4 is 5.73 Å². The summed E-state index contributed by atoms with van der Waals surface area (Å²) in [4.78, 5) is 0.481. The summed E-state index contributed by atoms with van der Waals surface area (Å²) in [6.07, 6.45) is 7.82. The van der Waals surface area contributed by atoms with Gasteiger partial charge in [-0.3, -0.25) is 0 Å². The predicted octanol–water partition coefficient (Wildman–Crippen LogP) is 3.83. The molecule has 0 radical (unpaired) electrons. The van der Waals surface area contributed by atoms with Crippen molar-refractivity contribution in [2.24, 2.45) is 5.73 Å². The molecule has 16 heavy (non-hydrogen) atoms. The molecular weight excluding hydrogens is 214 g/mol. The number of thiocarbonyl (C=S) groups is 1. The van der Waals surface area contributed by atoms with Crippen LogP contribution in [0.25, 0.3) is 0 Å². The first-order valence-electron chi connectivity index (χ1n) is 6.12. The minimum atomic E-state index is 0.481. The first-order chi connectivity index (χ1) is 7.74. The van der Waals surface area contributed by atoms with Gasteiger partial charge < -0.3 is 5.73 Å². The van der Waals surface area contributed by atoms with Crippen molar-refractivity contribution in [1.29, 1.82) is 0 Å². The molecule has 0 saturated carbocycles. The second-order valence-corrected chi connectivity index (χ2v) is 4.67. The van der Waals surface area contributed by atoms with Gasteiger partial charge in [-0.15, -0.1) is 0 Å². The number of nitrogens with two attached hydrogens (primary N) is 1. The number of rotatable bonds is 7. The van der Waals surface area contributed by atoms with Crippen molar-refractivity contribution in [2.45, 2.75) is 45.4 Å². The fourth-order valence-electron chi connectivity index (χ4n) is 1.77. The maximum Gasteiger partial charge on any atom is 0.103 e. The molecule has 1 nitrogen and oxygen atoms in total. The first-order valence-corrected chi connectivity index (χ1v) is 6.53. The fourth-order valence-corrected chi connectivity index (χ4v) is 1.90. The molecule has 0 aliphatic carbocycles. The normalized spacial score (nSPS) is 10.3. The lowest BCUT2D eigenvalue weighted by Crippen LogP contribution is -2.08. The van der Waals surface area contributed by atoms with Gasteiger partial charge in [-0.25, -0.2) is 0 Å². The van der Waals surface area contributed by atoms with Gasteiger partial charge in [0.2, 0.25) is 0 Å². The van der Waals surface area contributed by atoms with E-state index in [9.17, 15) is 0 Å². The molecule has 0 spiro atoms. The number of hydrogen-bond donors (Lipinski definition) is 1. The average Bonchev–Trinajstić information content (AvgIpc) is 2.29. The third kappa shape index (κ3) is 4.75. The van der Waals surface area contributed by atoms with Gasteiger partial charge in [-0.1, -0.05) is 69.1 Å². The molecular formula is C14H21NS. The van der Waals surface area contributed by atoms with E-state index in [0.29, 0.717) is 4.99 Å². The summed E-state index contributed by atoms with van der Waals surface area (Å²) < 4.78 is 0. The molecule has 0 bridgehead atoms. The zero-order valence-corrected chi connectivity index (χ0v) is 10.9. The monoisotopic (exact) mass is 235 g/mol. The summed E-state index contributed by atoms with van der Waals surface area (Å²) in [5, 5.41) is 0. The molecule has 0 saturated heterocycles. The van der Waals surface area contributed by atoms with Crippen LogP contribution in [0.5, 0.6) is 0 Å². The molecule has 1 aromatic carbocycles. The van der Waals surface area contributed by atoms with Crippen LogP contribution >= 0.6 is 12.2 Å². The average molecular weight is 235 g/mol. The van der Waals surface area contributed by atoms with Crippen molar-refractivity contribution in [3.05, 3.63) is 35.4 Å². The first kappa shape index (κ1) is 13.2. The molecule has 0 amide bonds. The summed E-state index contributed by atoms with van der Waals surface area (Å²) in [6, 6.07) is 8.30. The Kier molecular flexibility index (Phi) is 6.09. The van der Waals surface area contributed by atoms with Gasteiger partial charge in [0.25, 0.3) is 0 Å². The van der Waals surface area contributed by atoms with Crippen LogP contribution in [-0.4, -0.2) is 4.99 Å².